The lowest BCUT2D eigenvalue weighted by atomic mass is 9.84. The predicted molar refractivity (Wildman–Crippen MR) is 82.1 cm³/mol. The van der Waals surface area contributed by atoms with Crippen LogP contribution in [0, 0.1) is 5.92 Å². The second-order valence-corrected chi connectivity index (χ2v) is 6.72. The summed E-state index contributed by atoms with van der Waals surface area (Å²) in [6.45, 7) is 3.31. The molecule has 2 bridgehead atoms. The van der Waals surface area contributed by atoms with Crippen molar-refractivity contribution in [2.75, 3.05) is 19.6 Å². The van der Waals surface area contributed by atoms with Crippen LogP contribution in [0.25, 0.3) is 11.0 Å². The number of rotatable bonds is 2. The number of halogens is 1. The van der Waals surface area contributed by atoms with Gasteiger partial charge in [0.25, 0.3) is 5.91 Å². The Kier molecular flexibility index (Phi) is 3.23. The zero-order valence-corrected chi connectivity index (χ0v) is 13.1. The minimum atomic E-state index is -0.0938. The van der Waals surface area contributed by atoms with Crippen molar-refractivity contribution in [2.45, 2.75) is 18.9 Å². The molecule has 2 aromatic rings. The normalized spacial score (nSPS) is 28.0. The number of fused-ring (bicyclic) bond motifs is 4. The summed E-state index contributed by atoms with van der Waals surface area (Å²) in [5.41, 5.74) is 1.13. The number of furan rings is 1. The van der Waals surface area contributed by atoms with E-state index in [2.05, 4.69) is 31.1 Å². The van der Waals surface area contributed by atoms with Crippen LogP contribution in [0.2, 0.25) is 0 Å². The molecule has 0 aromatic carbocycles. The lowest BCUT2D eigenvalue weighted by Gasteiger charge is -2.44. The number of hydrogen-bond acceptors (Lipinski definition) is 4. The van der Waals surface area contributed by atoms with E-state index in [9.17, 15) is 4.79 Å². The lowest BCUT2D eigenvalue weighted by Crippen LogP contribution is -2.57. The molecule has 110 valence electrons. The molecular formula is C15H16BrN3O2. The van der Waals surface area contributed by atoms with Gasteiger partial charge in [0.2, 0.25) is 0 Å². The first-order valence-electron chi connectivity index (χ1n) is 7.26. The predicted octanol–water partition coefficient (Wildman–Crippen LogP) is 2.41. The van der Waals surface area contributed by atoms with Crippen LogP contribution in [0.5, 0.6) is 0 Å². The molecule has 0 aliphatic carbocycles. The fourth-order valence-corrected chi connectivity index (χ4v) is 3.80. The maximum absolute atomic E-state index is 12.4. The van der Waals surface area contributed by atoms with E-state index in [0.29, 0.717) is 17.2 Å². The number of aromatic nitrogens is 1. The van der Waals surface area contributed by atoms with Gasteiger partial charge in [0, 0.05) is 18.0 Å². The van der Waals surface area contributed by atoms with Gasteiger partial charge >= 0.3 is 0 Å². The highest BCUT2D eigenvalue weighted by Crippen LogP contribution is 2.28. The molecule has 5 rings (SSSR count). The summed E-state index contributed by atoms with van der Waals surface area (Å²) in [5, 5.41) is 4.03. The maximum Gasteiger partial charge on any atom is 0.270 e. The largest absolute Gasteiger partial charge is 0.461 e. The number of carbonyl (C=O) groups excluding carboxylic acids is 1. The number of amides is 1. The van der Waals surface area contributed by atoms with E-state index in [1.165, 1.54) is 25.9 Å². The maximum atomic E-state index is 12.4. The summed E-state index contributed by atoms with van der Waals surface area (Å²) in [6, 6.07) is 2.03. The molecule has 2 aromatic heterocycles. The Bertz CT molecular complexity index is 691. The fourth-order valence-electron chi connectivity index (χ4n) is 3.40. The standard InChI is InChI=1S/C15H16BrN3O2/c16-11-8-21-14-6-17-12(5-10(11)14)15(20)18-13-7-19-3-1-9(13)2-4-19/h5-6,8-9,13H,1-4,7H2,(H,18,20). The number of piperidine rings is 3. The van der Waals surface area contributed by atoms with E-state index in [1.807, 2.05) is 0 Å². The second-order valence-electron chi connectivity index (χ2n) is 5.87. The summed E-state index contributed by atoms with van der Waals surface area (Å²) >= 11 is 3.42. The van der Waals surface area contributed by atoms with Crippen molar-refractivity contribution >= 4 is 32.8 Å². The van der Waals surface area contributed by atoms with Gasteiger partial charge in [-0.2, -0.15) is 0 Å². The molecule has 3 aliphatic rings. The number of nitrogens with zero attached hydrogens (tertiary/aromatic N) is 2. The third-order valence-corrected chi connectivity index (χ3v) is 5.23. The molecule has 1 unspecified atom stereocenters. The van der Waals surface area contributed by atoms with Crippen LogP contribution in [0.3, 0.4) is 0 Å². The second kappa shape index (κ2) is 5.10. The molecule has 5 nitrogen and oxygen atoms in total. The first-order chi connectivity index (χ1) is 10.2. The SMILES string of the molecule is O=C(NC1CN2CCC1CC2)c1cc2c(Br)coc2cn1. The van der Waals surface area contributed by atoms with Gasteiger partial charge in [-0.1, -0.05) is 0 Å². The van der Waals surface area contributed by atoms with E-state index in [4.69, 9.17) is 4.42 Å². The van der Waals surface area contributed by atoms with Crippen LogP contribution in [0.15, 0.2) is 27.4 Å². The van der Waals surface area contributed by atoms with E-state index >= 15 is 0 Å². The Hall–Kier alpha value is -1.40. The highest BCUT2D eigenvalue weighted by atomic mass is 79.9. The van der Waals surface area contributed by atoms with Crippen LogP contribution in [-0.4, -0.2) is 41.5 Å². The van der Waals surface area contributed by atoms with E-state index < -0.39 is 0 Å². The van der Waals surface area contributed by atoms with Gasteiger partial charge in [-0.3, -0.25) is 4.79 Å². The van der Waals surface area contributed by atoms with Gasteiger partial charge in [-0.15, -0.1) is 0 Å². The summed E-state index contributed by atoms with van der Waals surface area (Å²) in [5.74, 6) is 0.520. The molecule has 1 N–H and O–H groups in total. The Morgan fingerprint density at radius 1 is 1.43 bits per heavy atom. The van der Waals surface area contributed by atoms with Crippen molar-refractivity contribution in [3.05, 3.63) is 28.7 Å². The molecule has 3 saturated heterocycles. The Morgan fingerprint density at radius 2 is 2.24 bits per heavy atom. The first-order valence-corrected chi connectivity index (χ1v) is 8.06. The van der Waals surface area contributed by atoms with Crippen molar-refractivity contribution in [3.63, 3.8) is 0 Å². The number of carbonyl (C=O) groups is 1. The van der Waals surface area contributed by atoms with Crippen molar-refractivity contribution in [1.82, 2.24) is 15.2 Å². The summed E-state index contributed by atoms with van der Waals surface area (Å²) in [7, 11) is 0. The number of nitrogens with one attached hydrogen (secondary N) is 1. The van der Waals surface area contributed by atoms with Crippen LogP contribution in [0.4, 0.5) is 0 Å². The number of hydrogen-bond donors (Lipinski definition) is 1. The summed E-state index contributed by atoms with van der Waals surface area (Å²) < 4.78 is 6.17. The van der Waals surface area contributed by atoms with E-state index in [-0.39, 0.29) is 11.9 Å². The average molecular weight is 350 g/mol. The monoisotopic (exact) mass is 349 g/mol. The highest BCUT2D eigenvalue weighted by molar-refractivity contribution is 9.10. The van der Waals surface area contributed by atoms with Gasteiger partial charge in [-0.05, 0) is 53.8 Å². The number of pyridine rings is 1. The van der Waals surface area contributed by atoms with Gasteiger partial charge in [-0.25, -0.2) is 4.98 Å². The molecule has 1 atom stereocenters. The van der Waals surface area contributed by atoms with Crippen molar-refractivity contribution in [1.29, 1.82) is 0 Å². The average Bonchev–Trinajstić information content (AvgIpc) is 2.89. The lowest BCUT2D eigenvalue weighted by molar-refractivity contribution is 0.0618. The topological polar surface area (TPSA) is 58.4 Å². The molecule has 0 saturated carbocycles. The Morgan fingerprint density at radius 3 is 2.95 bits per heavy atom. The zero-order chi connectivity index (χ0) is 14.4. The van der Waals surface area contributed by atoms with E-state index in [0.717, 1.165) is 16.4 Å². The molecule has 21 heavy (non-hydrogen) atoms. The van der Waals surface area contributed by atoms with Crippen molar-refractivity contribution < 1.29 is 9.21 Å². The van der Waals surface area contributed by atoms with Gasteiger partial charge in [0.05, 0.1) is 10.7 Å². The van der Waals surface area contributed by atoms with Crippen LogP contribution >= 0.6 is 15.9 Å². The molecule has 6 heteroatoms. The summed E-state index contributed by atoms with van der Waals surface area (Å²) in [6.07, 6.45) is 5.59. The third kappa shape index (κ3) is 2.36. The van der Waals surface area contributed by atoms with Crippen molar-refractivity contribution in [2.24, 2.45) is 5.92 Å². The third-order valence-electron chi connectivity index (χ3n) is 4.62. The Balaban J connectivity index is 1.54. The smallest absolute Gasteiger partial charge is 0.270 e. The zero-order valence-electron chi connectivity index (χ0n) is 11.5. The molecule has 0 radical (unpaired) electrons. The van der Waals surface area contributed by atoms with Gasteiger partial charge < -0.3 is 14.6 Å². The minimum Gasteiger partial charge on any atom is -0.461 e. The summed E-state index contributed by atoms with van der Waals surface area (Å²) in [4.78, 5) is 19.1. The molecule has 0 spiro atoms. The Labute approximate surface area is 130 Å². The minimum absolute atomic E-state index is 0.0938. The first kappa shape index (κ1) is 13.3. The van der Waals surface area contributed by atoms with Crippen molar-refractivity contribution in [3.8, 4) is 0 Å². The molecule has 1 amide bonds. The quantitative estimate of drug-likeness (QED) is 0.904. The van der Waals surface area contributed by atoms with Crippen LogP contribution < -0.4 is 5.32 Å². The van der Waals surface area contributed by atoms with Gasteiger partial charge in [0.15, 0.2) is 5.58 Å². The molecular weight excluding hydrogens is 334 g/mol. The molecule has 3 aliphatic heterocycles. The molecule has 3 fully saturated rings. The highest BCUT2D eigenvalue weighted by Gasteiger charge is 2.35. The van der Waals surface area contributed by atoms with Crippen LogP contribution in [-0.2, 0) is 0 Å². The van der Waals surface area contributed by atoms with Gasteiger partial charge in [0.1, 0.15) is 12.0 Å². The van der Waals surface area contributed by atoms with Crippen LogP contribution in [0.1, 0.15) is 23.3 Å². The van der Waals surface area contributed by atoms with E-state index in [1.54, 1.807) is 18.5 Å². The molecule has 5 heterocycles. The fraction of sp³-hybridized carbons (Fsp3) is 0.467.